The van der Waals surface area contributed by atoms with E-state index in [-0.39, 0.29) is 6.61 Å². The molecule has 4 rings (SSSR count). The molecule has 9 heteroatoms. The van der Waals surface area contributed by atoms with Crippen molar-refractivity contribution in [3.05, 3.63) is 108 Å². The van der Waals surface area contributed by atoms with Crippen LogP contribution in [0.5, 0.6) is 0 Å². The molecule has 0 unspecified atom stereocenters. The summed E-state index contributed by atoms with van der Waals surface area (Å²) >= 11 is 0. The minimum Gasteiger partial charge on any atom is -0.456 e. The predicted octanol–water partition coefficient (Wildman–Crippen LogP) is 3.51. The topological polar surface area (TPSA) is 118 Å². The third kappa shape index (κ3) is 6.39. The second kappa shape index (κ2) is 12.9. The SMILES string of the molecule is CC(=O)O[C@H]1[C@@H](OC(C)=O)[C@@H](O)O[C@H](COC(c2ccccc2)(c2ccccc2)c2ccccc2)[C@@H]1OC(C)=O. The van der Waals surface area contributed by atoms with Crippen LogP contribution in [0.2, 0.25) is 0 Å². The van der Waals surface area contributed by atoms with Gasteiger partial charge in [-0.3, -0.25) is 14.4 Å². The maximum Gasteiger partial charge on any atom is 0.303 e. The highest BCUT2D eigenvalue weighted by molar-refractivity contribution is 5.68. The molecule has 1 aliphatic heterocycles. The van der Waals surface area contributed by atoms with E-state index in [2.05, 4.69) is 0 Å². The Bertz CT molecular complexity index is 1180. The van der Waals surface area contributed by atoms with E-state index in [0.29, 0.717) is 0 Å². The minimum absolute atomic E-state index is 0.210. The molecule has 0 spiro atoms. The van der Waals surface area contributed by atoms with Crippen LogP contribution in [0.3, 0.4) is 0 Å². The molecule has 1 fully saturated rings. The van der Waals surface area contributed by atoms with Crippen LogP contribution in [-0.2, 0) is 43.7 Å². The van der Waals surface area contributed by atoms with Crippen LogP contribution in [0.1, 0.15) is 37.5 Å². The van der Waals surface area contributed by atoms with Gasteiger partial charge < -0.3 is 28.8 Å². The highest BCUT2D eigenvalue weighted by atomic mass is 16.7. The fraction of sp³-hybridized carbons (Fsp3) is 0.323. The third-order valence-electron chi connectivity index (χ3n) is 6.52. The molecule has 0 radical (unpaired) electrons. The van der Waals surface area contributed by atoms with Crippen molar-refractivity contribution in [2.45, 2.75) is 57.1 Å². The highest BCUT2D eigenvalue weighted by Crippen LogP contribution is 2.41. The standard InChI is InChI=1S/C31H32O9/c1-20(32)37-27-26(40-30(35)29(39-22(3)34)28(27)38-21(2)33)19-36-31(23-13-7-4-8-14-23,24-15-9-5-10-16-24)25-17-11-6-12-18-25/h4-18,26-30,35H,19H2,1-3H3/t26-,27+,28-,29-,30+/m1/s1. The zero-order valence-electron chi connectivity index (χ0n) is 22.5. The lowest BCUT2D eigenvalue weighted by atomic mass is 9.80. The largest absolute Gasteiger partial charge is 0.456 e. The second-order valence-corrected chi connectivity index (χ2v) is 9.38. The van der Waals surface area contributed by atoms with Gasteiger partial charge in [0.25, 0.3) is 0 Å². The first-order valence-corrected chi connectivity index (χ1v) is 12.9. The summed E-state index contributed by atoms with van der Waals surface area (Å²) in [5.41, 5.74) is 1.33. The van der Waals surface area contributed by atoms with Gasteiger partial charge in [0.2, 0.25) is 0 Å². The fourth-order valence-electron chi connectivity index (χ4n) is 4.98. The van der Waals surface area contributed by atoms with Crippen LogP contribution in [0.25, 0.3) is 0 Å². The van der Waals surface area contributed by atoms with Crippen LogP contribution < -0.4 is 0 Å². The Morgan fingerprint density at radius 3 is 1.43 bits per heavy atom. The summed E-state index contributed by atoms with van der Waals surface area (Å²) in [6, 6.07) is 28.8. The predicted molar refractivity (Wildman–Crippen MR) is 143 cm³/mol. The fourth-order valence-corrected chi connectivity index (χ4v) is 4.98. The molecule has 3 aromatic rings. The van der Waals surface area contributed by atoms with E-state index in [0.717, 1.165) is 30.5 Å². The smallest absolute Gasteiger partial charge is 0.303 e. The molecule has 1 heterocycles. The number of carbonyl (C=O) groups is 3. The van der Waals surface area contributed by atoms with Gasteiger partial charge in [0, 0.05) is 20.8 Å². The Kier molecular flexibility index (Phi) is 9.31. The average molecular weight is 549 g/mol. The molecular formula is C31H32O9. The van der Waals surface area contributed by atoms with Crippen molar-refractivity contribution < 1.29 is 43.2 Å². The Balaban J connectivity index is 1.79. The monoisotopic (exact) mass is 548 g/mol. The summed E-state index contributed by atoms with van der Waals surface area (Å²) < 4.78 is 28.8. The van der Waals surface area contributed by atoms with Gasteiger partial charge in [-0.15, -0.1) is 0 Å². The van der Waals surface area contributed by atoms with Crippen molar-refractivity contribution in [3.63, 3.8) is 0 Å². The number of hydrogen-bond donors (Lipinski definition) is 1. The van der Waals surface area contributed by atoms with Gasteiger partial charge in [-0.2, -0.15) is 0 Å². The highest BCUT2D eigenvalue weighted by Gasteiger charge is 2.52. The summed E-state index contributed by atoms with van der Waals surface area (Å²) in [5, 5.41) is 10.8. The van der Waals surface area contributed by atoms with Crippen LogP contribution in [0.15, 0.2) is 91.0 Å². The van der Waals surface area contributed by atoms with E-state index in [1.165, 1.54) is 6.92 Å². The molecule has 3 aromatic carbocycles. The Morgan fingerprint density at radius 1 is 0.650 bits per heavy atom. The molecule has 0 aliphatic carbocycles. The summed E-state index contributed by atoms with van der Waals surface area (Å²) in [6.45, 7) is 3.28. The first-order valence-electron chi connectivity index (χ1n) is 12.9. The quantitative estimate of drug-likeness (QED) is 0.244. The van der Waals surface area contributed by atoms with Gasteiger partial charge in [-0.05, 0) is 16.7 Å². The van der Waals surface area contributed by atoms with Gasteiger partial charge >= 0.3 is 17.9 Å². The van der Waals surface area contributed by atoms with Gasteiger partial charge in [-0.1, -0.05) is 91.0 Å². The van der Waals surface area contributed by atoms with E-state index in [1.54, 1.807) is 0 Å². The van der Waals surface area contributed by atoms with E-state index >= 15 is 0 Å². The summed E-state index contributed by atoms with van der Waals surface area (Å²) in [5.74, 6) is -2.15. The summed E-state index contributed by atoms with van der Waals surface area (Å²) in [4.78, 5) is 35.9. The maximum atomic E-state index is 12.1. The minimum atomic E-state index is -1.69. The van der Waals surface area contributed by atoms with E-state index < -0.39 is 54.2 Å². The zero-order valence-corrected chi connectivity index (χ0v) is 22.5. The summed E-state index contributed by atoms with van der Waals surface area (Å²) in [7, 11) is 0. The normalized spacial score (nSPS) is 22.6. The van der Waals surface area contributed by atoms with Crippen molar-refractivity contribution in [1.29, 1.82) is 0 Å². The number of esters is 3. The van der Waals surface area contributed by atoms with E-state index in [4.69, 9.17) is 23.7 Å². The molecule has 9 nitrogen and oxygen atoms in total. The van der Waals surface area contributed by atoms with Crippen molar-refractivity contribution in [2.24, 2.45) is 0 Å². The lowest BCUT2D eigenvalue weighted by Gasteiger charge is -2.44. The molecule has 1 N–H and O–H groups in total. The van der Waals surface area contributed by atoms with Gasteiger partial charge in [0.1, 0.15) is 11.7 Å². The van der Waals surface area contributed by atoms with Crippen molar-refractivity contribution in [1.82, 2.24) is 0 Å². The molecule has 210 valence electrons. The number of aliphatic hydroxyl groups is 1. The first kappa shape index (κ1) is 28.9. The van der Waals surface area contributed by atoms with Crippen molar-refractivity contribution in [3.8, 4) is 0 Å². The Labute approximate surface area is 232 Å². The van der Waals surface area contributed by atoms with Gasteiger partial charge in [0.15, 0.2) is 24.6 Å². The molecule has 5 atom stereocenters. The molecule has 0 saturated carbocycles. The van der Waals surface area contributed by atoms with Crippen molar-refractivity contribution in [2.75, 3.05) is 6.61 Å². The number of hydrogen-bond acceptors (Lipinski definition) is 9. The molecular weight excluding hydrogens is 516 g/mol. The molecule has 0 bridgehead atoms. The molecule has 1 aliphatic rings. The Hall–Kier alpha value is -4.05. The van der Waals surface area contributed by atoms with Crippen molar-refractivity contribution >= 4 is 17.9 Å². The van der Waals surface area contributed by atoms with E-state index in [1.807, 2.05) is 91.0 Å². The number of carbonyl (C=O) groups excluding carboxylic acids is 3. The third-order valence-corrected chi connectivity index (χ3v) is 6.52. The van der Waals surface area contributed by atoms with E-state index in [9.17, 15) is 19.5 Å². The molecule has 1 saturated heterocycles. The second-order valence-electron chi connectivity index (χ2n) is 9.38. The summed E-state index contributed by atoms with van der Waals surface area (Å²) in [6.07, 6.45) is -6.82. The molecule has 0 amide bonds. The molecule has 40 heavy (non-hydrogen) atoms. The lowest BCUT2D eigenvalue weighted by molar-refractivity contribution is -0.299. The van der Waals surface area contributed by atoms with Crippen LogP contribution in [-0.4, -0.2) is 60.3 Å². The lowest BCUT2D eigenvalue weighted by Crippen LogP contribution is -2.62. The molecule has 0 aromatic heterocycles. The Morgan fingerprint density at radius 2 is 1.02 bits per heavy atom. The number of aliphatic hydroxyl groups excluding tert-OH is 1. The van der Waals surface area contributed by atoms with Crippen LogP contribution in [0.4, 0.5) is 0 Å². The van der Waals surface area contributed by atoms with Gasteiger partial charge in [0.05, 0.1) is 6.61 Å². The zero-order chi connectivity index (χ0) is 28.7. The van der Waals surface area contributed by atoms with Crippen LogP contribution in [0, 0.1) is 0 Å². The number of benzene rings is 3. The van der Waals surface area contributed by atoms with Crippen LogP contribution >= 0.6 is 0 Å². The average Bonchev–Trinajstić information content (AvgIpc) is 2.94. The number of rotatable bonds is 9. The van der Waals surface area contributed by atoms with Gasteiger partial charge in [-0.25, -0.2) is 0 Å². The number of ether oxygens (including phenoxy) is 5. The first-order chi connectivity index (χ1) is 19.2. The maximum absolute atomic E-state index is 12.1.